The Balaban J connectivity index is 0.00000281. The third kappa shape index (κ3) is 3.14. The molecule has 2 aromatic heterocycles. The molecule has 2 heterocycles. The standard InChI is InChI=1S/C42H24O2.H2/c1-2-12-25(13-3-1)37-27-14-4-6-16-29(27)39(30-17-7-5-15-28(30)37)33-24-26-22-23-36-40(31-18-8-10-20-34(31)43-36)38(26)41-32-19-9-11-21-35(32)44-42(33)41;/h1-24H;1H. The van der Waals surface area contributed by atoms with Crippen molar-refractivity contribution in [1.82, 2.24) is 0 Å². The number of fused-ring (bicyclic) bond motifs is 11. The summed E-state index contributed by atoms with van der Waals surface area (Å²) in [5.41, 5.74) is 8.34. The molecule has 0 amide bonds. The van der Waals surface area contributed by atoms with E-state index in [-0.39, 0.29) is 1.43 Å². The van der Waals surface area contributed by atoms with Crippen LogP contribution in [-0.2, 0) is 0 Å². The van der Waals surface area contributed by atoms with E-state index in [0.29, 0.717) is 0 Å². The molecule has 0 saturated heterocycles. The summed E-state index contributed by atoms with van der Waals surface area (Å²) >= 11 is 0. The van der Waals surface area contributed by atoms with Gasteiger partial charge in [-0.25, -0.2) is 0 Å². The van der Waals surface area contributed by atoms with Gasteiger partial charge in [-0.2, -0.15) is 0 Å². The third-order valence-corrected chi connectivity index (χ3v) is 9.23. The molecule has 0 fully saturated rings. The highest BCUT2D eigenvalue weighted by atomic mass is 16.3. The molecule has 2 nitrogen and oxygen atoms in total. The molecule has 2 heteroatoms. The molecule has 0 bridgehead atoms. The Kier molecular flexibility index (Phi) is 4.75. The molecule has 0 aliphatic heterocycles. The lowest BCUT2D eigenvalue weighted by Crippen LogP contribution is -1.91. The summed E-state index contributed by atoms with van der Waals surface area (Å²) < 4.78 is 13.2. The highest BCUT2D eigenvalue weighted by Crippen LogP contribution is 2.49. The lowest BCUT2D eigenvalue weighted by Gasteiger charge is -2.18. The fourth-order valence-electron chi connectivity index (χ4n) is 7.45. The van der Waals surface area contributed by atoms with Crippen molar-refractivity contribution < 1.29 is 10.3 Å². The molecule has 0 aliphatic carbocycles. The first-order chi connectivity index (χ1) is 21.8. The molecule has 0 unspecified atom stereocenters. The van der Waals surface area contributed by atoms with Gasteiger partial charge in [-0.3, -0.25) is 0 Å². The van der Waals surface area contributed by atoms with Gasteiger partial charge in [-0.1, -0.05) is 121 Å². The Hall–Kier alpha value is -5.86. The van der Waals surface area contributed by atoms with Crippen LogP contribution in [0.1, 0.15) is 1.43 Å². The molecule has 8 aromatic carbocycles. The maximum atomic E-state index is 6.87. The minimum absolute atomic E-state index is 0. The fourth-order valence-corrected chi connectivity index (χ4v) is 7.45. The van der Waals surface area contributed by atoms with E-state index in [9.17, 15) is 0 Å². The van der Waals surface area contributed by atoms with E-state index < -0.39 is 0 Å². The predicted molar refractivity (Wildman–Crippen MR) is 187 cm³/mol. The van der Waals surface area contributed by atoms with Gasteiger partial charge in [0.1, 0.15) is 22.3 Å². The molecule has 44 heavy (non-hydrogen) atoms. The molecule has 0 saturated carbocycles. The molecule has 10 aromatic rings. The van der Waals surface area contributed by atoms with Crippen LogP contribution in [0.5, 0.6) is 0 Å². The van der Waals surface area contributed by atoms with Crippen molar-refractivity contribution in [1.29, 1.82) is 0 Å². The van der Waals surface area contributed by atoms with Gasteiger partial charge in [0.25, 0.3) is 0 Å². The second-order valence-corrected chi connectivity index (χ2v) is 11.6. The van der Waals surface area contributed by atoms with E-state index in [1.54, 1.807) is 0 Å². The highest BCUT2D eigenvalue weighted by molar-refractivity contribution is 6.34. The molecule has 0 spiro atoms. The number of para-hydroxylation sites is 2. The van der Waals surface area contributed by atoms with Crippen LogP contribution >= 0.6 is 0 Å². The Morgan fingerprint density at radius 1 is 0.364 bits per heavy atom. The topological polar surface area (TPSA) is 26.3 Å². The van der Waals surface area contributed by atoms with Crippen molar-refractivity contribution in [2.75, 3.05) is 0 Å². The van der Waals surface area contributed by atoms with Gasteiger partial charge in [0.15, 0.2) is 0 Å². The minimum Gasteiger partial charge on any atom is -0.456 e. The zero-order chi connectivity index (χ0) is 28.8. The number of hydrogen-bond acceptors (Lipinski definition) is 2. The average molecular weight is 563 g/mol. The summed E-state index contributed by atoms with van der Waals surface area (Å²) in [6.45, 7) is 0. The van der Waals surface area contributed by atoms with Gasteiger partial charge in [-0.05, 0) is 62.3 Å². The molecule has 206 valence electrons. The zero-order valence-electron chi connectivity index (χ0n) is 23.7. The van der Waals surface area contributed by atoms with E-state index in [1.165, 1.54) is 49.0 Å². The number of rotatable bonds is 2. The van der Waals surface area contributed by atoms with Crippen LogP contribution in [0, 0.1) is 0 Å². The smallest absolute Gasteiger partial charge is 0.143 e. The lowest BCUT2D eigenvalue weighted by molar-refractivity contribution is 0.669. The Labute approximate surface area is 253 Å². The third-order valence-electron chi connectivity index (χ3n) is 9.23. The van der Waals surface area contributed by atoms with Crippen molar-refractivity contribution in [3.8, 4) is 22.3 Å². The minimum atomic E-state index is 0. The van der Waals surface area contributed by atoms with E-state index in [1.807, 2.05) is 12.1 Å². The molecule has 0 aliphatic rings. The average Bonchev–Trinajstić information content (AvgIpc) is 3.66. The van der Waals surface area contributed by atoms with E-state index in [2.05, 4.69) is 133 Å². The van der Waals surface area contributed by atoms with Crippen LogP contribution in [0.15, 0.2) is 154 Å². The van der Waals surface area contributed by atoms with Gasteiger partial charge < -0.3 is 8.83 Å². The van der Waals surface area contributed by atoms with Crippen LogP contribution in [0.4, 0.5) is 0 Å². The monoisotopic (exact) mass is 562 g/mol. The number of benzene rings is 8. The van der Waals surface area contributed by atoms with E-state index >= 15 is 0 Å². The molecule has 0 atom stereocenters. The first kappa shape index (κ1) is 23.7. The van der Waals surface area contributed by atoms with Crippen molar-refractivity contribution >= 4 is 76.2 Å². The summed E-state index contributed by atoms with van der Waals surface area (Å²) in [5.74, 6) is 0. The van der Waals surface area contributed by atoms with Gasteiger partial charge in [-0.15, -0.1) is 0 Å². The van der Waals surface area contributed by atoms with E-state index in [0.717, 1.165) is 49.4 Å². The van der Waals surface area contributed by atoms with Crippen LogP contribution in [0.25, 0.3) is 98.4 Å². The predicted octanol–water partition coefficient (Wildman–Crippen LogP) is 12.5. The Morgan fingerprint density at radius 2 is 0.886 bits per heavy atom. The number of furan rings is 2. The fraction of sp³-hybridized carbons (Fsp3) is 0. The van der Waals surface area contributed by atoms with E-state index in [4.69, 9.17) is 8.83 Å². The second-order valence-electron chi connectivity index (χ2n) is 11.6. The normalized spacial score (nSPS) is 12.1. The first-order valence-corrected chi connectivity index (χ1v) is 15.0. The second kappa shape index (κ2) is 8.82. The van der Waals surface area contributed by atoms with Crippen LogP contribution < -0.4 is 0 Å². The van der Waals surface area contributed by atoms with Gasteiger partial charge in [0.05, 0.1) is 0 Å². The SMILES string of the molecule is [HH].c1ccc(-c2c3ccccc3c(-c3cc4ccc5oc6ccccc6c5c4c4c3oc3ccccc34)c3ccccc23)cc1. The van der Waals surface area contributed by atoms with Gasteiger partial charge in [0.2, 0.25) is 0 Å². The van der Waals surface area contributed by atoms with Gasteiger partial charge in [0, 0.05) is 39.5 Å². The maximum Gasteiger partial charge on any atom is 0.143 e. The molecule has 0 radical (unpaired) electrons. The summed E-state index contributed by atoms with van der Waals surface area (Å²) in [7, 11) is 0. The molecular weight excluding hydrogens is 536 g/mol. The molecule has 10 rings (SSSR count). The largest absolute Gasteiger partial charge is 0.456 e. The quantitative estimate of drug-likeness (QED) is 0.196. The van der Waals surface area contributed by atoms with Crippen molar-refractivity contribution in [2.45, 2.75) is 0 Å². The Bertz CT molecular complexity index is 2710. The van der Waals surface area contributed by atoms with Crippen LogP contribution in [0.3, 0.4) is 0 Å². The first-order valence-electron chi connectivity index (χ1n) is 15.0. The maximum absolute atomic E-state index is 6.87. The summed E-state index contributed by atoms with van der Waals surface area (Å²) in [5, 5.41) is 11.7. The number of hydrogen-bond donors (Lipinski definition) is 0. The van der Waals surface area contributed by atoms with Crippen LogP contribution in [0.2, 0.25) is 0 Å². The van der Waals surface area contributed by atoms with Crippen molar-refractivity contribution in [2.24, 2.45) is 0 Å². The van der Waals surface area contributed by atoms with Crippen molar-refractivity contribution in [3.05, 3.63) is 146 Å². The summed E-state index contributed by atoms with van der Waals surface area (Å²) in [6, 6.07) is 51.7. The molecular formula is C42H26O2. The highest BCUT2D eigenvalue weighted by Gasteiger charge is 2.23. The van der Waals surface area contributed by atoms with Crippen molar-refractivity contribution in [3.63, 3.8) is 0 Å². The lowest BCUT2D eigenvalue weighted by atomic mass is 9.84. The van der Waals surface area contributed by atoms with Gasteiger partial charge >= 0.3 is 0 Å². The summed E-state index contributed by atoms with van der Waals surface area (Å²) in [4.78, 5) is 0. The van der Waals surface area contributed by atoms with Crippen LogP contribution in [-0.4, -0.2) is 0 Å². The zero-order valence-corrected chi connectivity index (χ0v) is 23.7. The Morgan fingerprint density at radius 3 is 1.55 bits per heavy atom. The molecule has 0 N–H and O–H groups in total. The summed E-state index contributed by atoms with van der Waals surface area (Å²) in [6.07, 6.45) is 0.